The summed E-state index contributed by atoms with van der Waals surface area (Å²) in [5.74, 6) is 0. The van der Waals surface area contributed by atoms with Gasteiger partial charge in [0.1, 0.15) is 0 Å². The molecule has 0 saturated carbocycles. The predicted octanol–water partition coefficient (Wildman–Crippen LogP) is 0.951. The summed E-state index contributed by atoms with van der Waals surface area (Å²) in [5.41, 5.74) is 5.21. The van der Waals surface area contributed by atoms with Crippen molar-refractivity contribution >= 4 is 28.1 Å². The van der Waals surface area contributed by atoms with Gasteiger partial charge in [0, 0.05) is 18.7 Å². The Morgan fingerprint density at radius 3 is 2.53 bits per heavy atom. The molecule has 0 bridgehead atoms. The molecule has 0 heterocycles. The van der Waals surface area contributed by atoms with Crippen LogP contribution in [0.5, 0.6) is 0 Å². The van der Waals surface area contributed by atoms with Crippen LogP contribution >= 0.6 is 12.4 Å². The molecule has 108 valence electrons. The molecule has 0 radical (unpaired) electrons. The van der Waals surface area contributed by atoms with E-state index in [1.807, 2.05) is 0 Å². The maximum Gasteiger partial charge on any atom is 0.289 e. The second kappa shape index (κ2) is 6.80. The van der Waals surface area contributed by atoms with Crippen LogP contribution in [0.1, 0.15) is 12.5 Å². The molecular formula is C10H16ClN3O4S. The van der Waals surface area contributed by atoms with Gasteiger partial charge in [-0.2, -0.15) is 0 Å². The van der Waals surface area contributed by atoms with Crippen molar-refractivity contribution in [2.24, 2.45) is 5.73 Å². The summed E-state index contributed by atoms with van der Waals surface area (Å²) in [4.78, 5) is 9.84. The van der Waals surface area contributed by atoms with Crippen LogP contribution in [0, 0.1) is 17.0 Å². The summed E-state index contributed by atoms with van der Waals surface area (Å²) >= 11 is 0. The molecular weight excluding hydrogens is 294 g/mol. The third-order valence-electron chi connectivity index (χ3n) is 2.37. The topological polar surface area (TPSA) is 115 Å². The van der Waals surface area contributed by atoms with E-state index < -0.39 is 26.7 Å². The molecule has 1 atom stereocenters. The lowest BCUT2D eigenvalue weighted by Gasteiger charge is -2.13. The number of nitrogens with one attached hydrogen (secondary N) is 1. The second-order valence-electron chi connectivity index (χ2n) is 3.94. The summed E-state index contributed by atoms with van der Waals surface area (Å²) in [6.45, 7) is 3.20. The number of nitrogens with two attached hydrogens (primary N) is 1. The van der Waals surface area contributed by atoms with E-state index >= 15 is 0 Å². The molecule has 0 aromatic heterocycles. The number of nitrogens with zero attached hydrogens (tertiary/aromatic N) is 1. The molecule has 0 unspecified atom stereocenters. The van der Waals surface area contributed by atoms with Crippen LogP contribution in [-0.4, -0.2) is 25.9 Å². The Kier molecular flexibility index (Phi) is 6.37. The minimum absolute atomic E-state index is 0. The van der Waals surface area contributed by atoms with Gasteiger partial charge in [0.25, 0.3) is 5.69 Å². The van der Waals surface area contributed by atoms with Gasteiger partial charge in [-0.15, -0.1) is 12.4 Å². The van der Waals surface area contributed by atoms with Gasteiger partial charge in [0.2, 0.25) is 10.0 Å². The van der Waals surface area contributed by atoms with Crippen LogP contribution in [0.2, 0.25) is 0 Å². The fraction of sp³-hybridized carbons (Fsp3) is 0.400. The molecule has 0 aliphatic rings. The highest BCUT2D eigenvalue weighted by Crippen LogP contribution is 2.26. The average molecular weight is 310 g/mol. The van der Waals surface area contributed by atoms with E-state index in [4.69, 9.17) is 5.73 Å². The Morgan fingerprint density at radius 1 is 1.47 bits per heavy atom. The summed E-state index contributed by atoms with van der Waals surface area (Å²) in [7, 11) is -3.95. The monoisotopic (exact) mass is 309 g/mol. The fourth-order valence-electron chi connectivity index (χ4n) is 1.50. The molecule has 0 aliphatic carbocycles. The van der Waals surface area contributed by atoms with E-state index in [2.05, 4.69) is 4.72 Å². The van der Waals surface area contributed by atoms with Crippen LogP contribution in [-0.2, 0) is 10.0 Å². The van der Waals surface area contributed by atoms with Gasteiger partial charge in [-0.3, -0.25) is 10.1 Å². The van der Waals surface area contributed by atoms with E-state index in [1.54, 1.807) is 6.92 Å². The first-order valence-electron chi connectivity index (χ1n) is 5.26. The lowest BCUT2D eigenvalue weighted by atomic mass is 10.2. The van der Waals surface area contributed by atoms with Crippen molar-refractivity contribution in [1.29, 1.82) is 0 Å². The highest BCUT2D eigenvalue weighted by Gasteiger charge is 2.28. The number of sulfonamides is 1. The predicted molar refractivity (Wildman–Crippen MR) is 73.9 cm³/mol. The number of benzene rings is 1. The molecule has 9 heteroatoms. The molecule has 0 spiro atoms. The Labute approximate surface area is 117 Å². The number of nitro benzene ring substituents is 1. The Bertz CT molecular complexity index is 562. The van der Waals surface area contributed by atoms with E-state index in [1.165, 1.54) is 19.1 Å². The number of hydrogen-bond donors (Lipinski definition) is 2. The van der Waals surface area contributed by atoms with Crippen molar-refractivity contribution in [1.82, 2.24) is 4.72 Å². The zero-order valence-corrected chi connectivity index (χ0v) is 12.1. The van der Waals surface area contributed by atoms with E-state index in [0.717, 1.165) is 6.07 Å². The van der Waals surface area contributed by atoms with Crippen LogP contribution in [0.15, 0.2) is 23.1 Å². The number of nitro groups is 1. The third kappa shape index (κ3) is 4.13. The highest BCUT2D eigenvalue weighted by molar-refractivity contribution is 7.89. The highest BCUT2D eigenvalue weighted by atomic mass is 35.5. The van der Waals surface area contributed by atoms with Gasteiger partial charge >= 0.3 is 0 Å². The van der Waals surface area contributed by atoms with Crippen molar-refractivity contribution in [3.8, 4) is 0 Å². The number of rotatable bonds is 5. The summed E-state index contributed by atoms with van der Waals surface area (Å²) in [6, 6.07) is 3.62. The van der Waals surface area contributed by atoms with Gasteiger partial charge < -0.3 is 5.73 Å². The Balaban J connectivity index is 0.00000324. The number of aryl methyl sites for hydroxylation is 1. The van der Waals surface area contributed by atoms with Gasteiger partial charge in [0.15, 0.2) is 4.90 Å². The quantitative estimate of drug-likeness (QED) is 0.620. The minimum atomic E-state index is -3.95. The summed E-state index contributed by atoms with van der Waals surface area (Å²) in [6.07, 6.45) is 0. The SMILES string of the molecule is Cc1cccc([N+](=O)[O-])c1S(=O)(=O)N[C@@H](C)CN.Cl. The molecule has 3 N–H and O–H groups in total. The maximum absolute atomic E-state index is 12.1. The summed E-state index contributed by atoms with van der Waals surface area (Å²) < 4.78 is 26.5. The summed E-state index contributed by atoms with van der Waals surface area (Å²) in [5, 5.41) is 10.9. The largest absolute Gasteiger partial charge is 0.329 e. The van der Waals surface area contributed by atoms with Crippen molar-refractivity contribution < 1.29 is 13.3 Å². The molecule has 7 nitrogen and oxygen atoms in total. The van der Waals surface area contributed by atoms with Gasteiger partial charge in [-0.1, -0.05) is 12.1 Å². The van der Waals surface area contributed by atoms with E-state index in [9.17, 15) is 18.5 Å². The van der Waals surface area contributed by atoms with Crippen LogP contribution < -0.4 is 10.5 Å². The first-order valence-corrected chi connectivity index (χ1v) is 6.74. The standard InChI is InChI=1S/C10H15N3O4S.ClH/c1-7-4-3-5-9(13(14)15)10(7)18(16,17)12-8(2)6-11;/h3-5,8,12H,6,11H2,1-2H3;1H/t8-;/m0./s1. The van der Waals surface area contributed by atoms with Crippen LogP contribution in [0.4, 0.5) is 5.69 Å². The van der Waals surface area contributed by atoms with Crippen molar-refractivity contribution in [2.45, 2.75) is 24.8 Å². The van der Waals surface area contributed by atoms with E-state index in [-0.39, 0.29) is 23.8 Å². The van der Waals surface area contributed by atoms with Crippen molar-refractivity contribution in [3.05, 3.63) is 33.9 Å². The zero-order chi connectivity index (χ0) is 13.9. The molecule has 0 aliphatic heterocycles. The lowest BCUT2D eigenvalue weighted by Crippen LogP contribution is -2.38. The van der Waals surface area contributed by atoms with Crippen LogP contribution in [0.3, 0.4) is 0 Å². The molecule has 1 aromatic rings. The molecule has 0 amide bonds. The average Bonchev–Trinajstić information content (AvgIpc) is 2.27. The molecule has 0 fully saturated rings. The minimum Gasteiger partial charge on any atom is -0.329 e. The fourth-order valence-corrected chi connectivity index (χ4v) is 3.16. The van der Waals surface area contributed by atoms with Gasteiger partial charge in [-0.05, 0) is 19.4 Å². The Hall–Kier alpha value is -1.22. The number of hydrogen-bond acceptors (Lipinski definition) is 5. The van der Waals surface area contributed by atoms with Gasteiger partial charge in [-0.25, -0.2) is 13.1 Å². The smallest absolute Gasteiger partial charge is 0.289 e. The van der Waals surface area contributed by atoms with Crippen LogP contribution in [0.25, 0.3) is 0 Å². The molecule has 0 saturated heterocycles. The molecule has 1 aromatic carbocycles. The third-order valence-corrected chi connectivity index (χ3v) is 4.15. The zero-order valence-electron chi connectivity index (χ0n) is 10.5. The molecule has 19 heavy (non-hydrogen) atoms. The first kappa shape index (κ1) is 17.8. The second-order valence-corrected chi connectivity index (χ2v) is 5.59. The van der Waals surface area contributed by atoms with Crippen molar-refractivity contribution in [3.63, 3.8) is 0 Å². The normalized spacial score (nSPS) is 12.6. The molecule has 1 rings (SSSR count). The maximum atomic E-state index is 12.1. The first-order chi connectivity index (χ1) is 8.29. The van der Waals surface area contributed by atoms with Gasteiger partial charge in [0.05, 0.1) is 4.92 Å². The van der Waals surface area contributed by atoms with Crippen molar-refractivity contribution in [2.75, 3.05) is 6.54 Å². The number of halogens is 1. The lowest BCUT2D eigenvalue weighted by molar-refractivity contribution is -0.387. The van der Waals surface area contributed by atoms with E-state index in [0.29, 0.717) is 5.56 Å². The Morgan fingerprint density at radius 2 is 2.05 bits per heavy atom.